The topological polar surface area (TPSA) is 82.5 Å². The monoisotopic (exact) mass is 824 g/mol. The van der Waals surface area contributed by atoms with E-state index in [1.165, 1.54) is 10.3 Å². The Bertz CT molecular complexity index is 3910. The molecule has 13 aromatic rings. The van der Waals surface area contributed by atoms with Crippen LogP contribution < -0.4 is 0 Å². The fourth-order valence-corrected chi connectivity index (χ4v) is 10.1. The molecule has 7 nitrogen and oxygen atoms in total. The molecule has 0 saturated carbocycles. The zero-order chi connectivity index (χ0) is 41.4. The molecule has 5 heterocycles. The van der Waals surface area contributed by atoms with Crippen molar-refractivity contribution in [3.8, 4) is 62.5 Å². The Kier molecular flexibility index (Phi) is 7.94. The third-order valence-electron chi connectivity index (χ3n) is 11.9. The van der Waals surface area contributed by atoms with Crippen LogP contribution in [0, 0.1) is 0 Å². The van der Waals surface area contributed by atoms with Crippen LogP contribution in [0.15, 0.2) is 199 Å². The fraction of sp³-hybridized carbons (Fsp3) is 0. The summed E-state index contributed by atoms with van der Waals surface area (Å²) in [6.07, 6.45) is 0. The highest BCUT2D eigenvalue weighted by Gasteiger charge is 2.22. The van der Waals surface area contributed by atoms with Gasteiger partial charge in [-0.05, 0) is 59.7 Å². The Balaban J connectivity index is 0.993. The standard InChI is InChI=1S/C55H32N6OS/c1-4-15-33(16-5-1)36-27-29-45-42(31-36)38-21-10-12-25-44(38)61(45)55-59-52(35-19-8-3-9-20-35)58-53(60-55)37-28-30-46-43(32-37)39-23-14-24-41(50(39)62-46)54-56-48(34-17-6-2-7-18-34)51-49(57-54)40-22-11-13-26-47(40)63-51/h1-32H. The number of hydrogen-bond donors (Lipinski definition) is 0. The minimum absolute atomic E-state index is 0.541. The number of rotatable bonds is 6. The molecule has 0 fully saturated rings. The number of hydrogen-bond acceptors (Lipinski definition) is 7. The summed E-state index contributed by atoms with van der Waals surface area (Å²) >= 11 is 1.73. The first kappa shape index (κ1) is 35.4. The van der Waals surface area contributed by atoms with Crippen LogP contribution in [0.4, 0.5) is 0 Å². The van der Waals surface area contributed by atoms with E-state index in [9.17, 15) is 0 Å². The molecule has 8 heteroatoms. The molecule has 0 bridgehead atoms. The van der Waals surface area contributed by atoms with Crippen molar-refractivity contribution < 1.29 is 4.42 Å². The predicted octanol–water partition coefficient (Wildman–Crippen LogP) is 14.4. The van der Waals surface area contributed by atoms with Crippen molar-refractivity contribution in [2.24, 2.45) is 0 Å². The van der Waals surface area contributed by atoms with Crippen molar-refractivity contribution in [2.75, 3.05) is 0 Å². The summed E-state index contributed by atoms with van der Waals surface area (Å²) in [6, 6.07) is 66.8. The molecular weight excluding hydrogens is 793 g/mol. The normalized spacial score (nSPS) is 11.8. The number of benzene rings is 8. The van der Waals surface area contributed by atoms with E-state index in [1.807, 2.05) is 54.6 Å². The molecule has 5 aromatic heterocycles. The number of para-hydroxylation sites is 2. The van der Waals surface area contributed by atoms with Crippen molar-refractivity contribution in [3.05, 3.63) is 194 Å². The van der Waals surface area contributed by atoms with Crippen LogP contribution in [-0.2, 0) is 0 Å². The summed E-state index contributed by atoms with van der Waals surface area (Å²) in [6.45, 7) is 0. The molecule has 0 spiro atoms. The molecule has 294 valence electrons. The Hall–Kier alpha value is -8.33. The number of thiophene rings is 1. The molecule has 0 saturated heterocycles. The maximum atomic E-state index is 6.73. The second kappa shape index (κ2) is 14.1. The Morgan fingerprint density at radius 1 is 0.397 bits per heavy atom. The van der Waals surface area contributed by atoms with Gasteiger partial charge >= 0.3 is 0 Å². The van der Waals surface area contributed by atoms with Gasteiger partial charge in [0.1, 0.15) is 11.2 Å². The van der Waals surface area contributed by atoms with Gasteiger partial charge in [0.25, 0.3) is 0 Å². The molecule has 0 atom stereocenters. The lowest BCUT2D eigenvalue weighted by atomic mass is 10.0. The van der Waals surface area contributed by atoms with Crippen LogP contribution in [0.2, 0.25) is 0 Å². The van der Waals surface area contributed by atoms with Crippen molar-refractivity contribution in [2.45, 2.75) is 0 Å². The Morgan fingerprint density at radius 3 is 1.84 bits per heavy atom. The third kappa shape index (κ3) is 5.76. The SMILES string of the molecule is c1ccc(-c2ccc3c(c2)c2ccccc2n3-c2nc(-c3ccccc3)nc(-c3ccc4oc5c(-c6nc(-c7ccccc7)c7sc8ccccc8c7n6)cccc5c4c3)n2)cc1. The minimum Gasteiger partial charge on any atom is -0.455 e. The number of fused-ring (bicyclic) bond motifs is 9. The number of aromatic nitrogens is 6. The summed E-state index contributed by atoms with van der Waals surface area (Å²) in [4.78, 5) is 26.1. The van der Waals surface area contributed by atoms with E-state index in [-0.39, 0.29) is 0 Å². The first-order chi connectivity index (χ1) is 31.2. The van der Waals surface area contributed by atoms with Gasteiger partial charge in [-0.1, -0.05) is 146 Å². The maximum Gasteiger partial charge on any atom is 0.238 e. The van der Waals surface area contributed by atoms with Crippen LogP contribution in [0.5, 0.6) is 0 Å². The van der Waals surface area contributed by atoms with Crippen molar-refractivity contribution in [1.29, 1.82) is 0 Å². The zero-order valence-corrected chi connectivity index (χ0v) is 34.3. The quantitative estimate of drug-likeness (QED) is 0.166. The lowest BCUT2D eigenvalue weighted by molar-refractivity contribution is 0.669. The highest BCUT2D eigenvalue weighted by atomic mass is 32.1. The average Bonchev–Trinajstić information content (AvgIpc) is 4.03. The lowest BCUT2D eigenvalue weighted by Crippen LogP contribution is -2.06. The first-order valence-corrected chi connectivity index (χ1v) is 21.6. The molecule has 0 amide bonds. The smallest absolute Gasteiger partial charge is 0.238 e. The molecule has 0 aliphatic carbocycles. The number of furan rings is 1. The largest absolute Gasteiger partial charge is 0.455 e. The van der Waals surface area contributed by atoms with E-state index in [2.05, 4.69) is 144 Å². The fourth-order valence-electron chi connectivity index (χ4n) is 8.93. The van der Waals surface area contributed by atoms with Gasteiger partial charge in [-0.15, -0.1) is 11.3 Å². The van der Waals surface area contributed by atoms with Crippen LogP contribution in [0.25, 0.3) is 127 Å². The summed E-state index contributed by atoms with van der Waals surface area (Å²) in [5, 5.41) is 5.27. The summed E-state index contributed by atoms with van der Waals surface area (Å²) in [7, 11) is 0. The van der Waals surface area contributed by atoms with Crippen LogP contribution in [0.1, 0.15) is 0 Å². The lowest BCUT2D eigenvalue weighted by Gasteiger charge is -2.11. The van der Waals surface area contributed by atoms with Crippen LogP contribution in [0.3, 0.4) is 0 Å². The van der Waals surface area contributed by atoms with E-state index < -0.39 is 0 Å². The van der Waals surface area contributed by atoms with E-state index in [0.717, 1.165) is 92.9 Å². The Morgan fingerprint density at radius 2 is 1.03 bits per heavy atom. The van der Waals surface area contributed by atoms with Gasteiger partial charge in [-0.25, -0.2) is 15.0 Å². The highest BCUT2D eigenvalue weighted by molar-refractivity contribution is 7.26. The second-order valence-corrected chi connectivity index (χ2v) is 16.7. The first-order valence-electron chi connectivity index (χ1n) is 20.8. The van der Waals surface area contributed by atoms with E-state index in [4.69, 9.17) is 29.3 Å². The third-order valence-corrected chi connectivity index (χ3v) is 13.1. The summed E-state index contributed by atoms with van der Waals surface area (Å²) in [5.41, 5.74) is 11.3. The van der Waals surface area contributed by atoms with Crippen LogP contribution in [-0.4, -0.2) is 29.5 Å². The van der Waals surface area contributed by atoms with Crippen molar-refractivity contribution in [3.63, 3.8) is 0 Å². The van der Waals surface area contributed by atoms with Gasteiger partial charge in [0, 0.05) is 48.3 Å². The number of nitrogens with zero attached hydrogens (tertiary/aromatic N) is 6. The molecule has 0 radical (unpaired) electrons. The van der Waals surface area contributed by atoms with Crippen molar-refractivity contribution >= 4 is 75.4 Å². The average molecular weight is 825 g/mol. The molecule has 13 rings (SSSR count). The highest BCUT2D eigenvalue weighted by Crippen LogP contribution is 2.42. The van der Waals surface area contributed by atoms with Gasteiger partial charge in [0.05, 0.1) is 32.5 Å². The summed E-state index contributed by atoms with van der Waals surface area (Å²) in [5.74, 6) is 2.31. The molecular formula is C55H32N6OS. The molecule has 63 heavy (non-hydrogen) atoms. The molecule has 0 aliphatic heterocycles. The summed E-state index contributed by atoms with van der Waals surface area (Å²) < 4.78 is 11.1. The second-order valence-electron chi connectivity index (χ2n) is 15.6. The van der Waals surface area contributed by atoms with Gasteiger partial charge in [-0.3, -0.25) is 4.57 Å². The Labute approximate surface area is 364 Å². The van der Waals surface area contributed by atoms with Gasteiger partial charge in [0.15, 0.2) is 17.5 Å². The van der Waals surface area contributed by atoms with Crippen LogP contribution >= 0.6 is 11.3 Å². The maximum absolute atomic E-state index is 6.73. The minimum atomic E-state index is 0.541. The molecule has 8 aromatic carbocycles. The van der Waals surface area contributed by atoms with Gasteiger partial charge < -0.3 is 4.42 Å². The van der Waals surface area contributed by atoms with E-state index in [0.29, 0.717) is 23.4 Å². The zero-order valence-electron chi connectivity index (χ0n) is 33.5. The predicted molar refractivity (Wildman–Crippen MR) is 257 cm³/mol. The van der Waals surface area contributed by atoms with E-state index in [1.54, 1.807) is 11.3 Å². The molecule has 0 aliphatic rings. The van der Waals surface area contributed by atoms with Gasteiger partial charge in [-0.2, -0.15) is 9.97 Å². The van der Waals surface area contributed by atoms with Gasteiger partial charge in [0.2, 0.25) is 5.95 Å². The van der Waals surface area contributed by atoms with E-state index >= 15 is 0 Å². The van der Waals surface area contributed by atoms with Crippen molar-refractivity contribution in [1.82, 2.24) is 29.5 Å². The molecule has 0 N–H and O–H groups in total. The molecule has 0 unspecified atom stereocenters.